The molecule has 0 amide bonds. The van der Waals surface area contributed by atoms with Crippen molar-refractivity contribution in [1.29, 1.82) is 0 Å². The SMILES string of the molecule is O=[N+]([O-])c1c(N2CCC(CO)C2)ccc2scnc12. The molecule has 0 aliphatic carbocycles. The van der Waals surface area contributed by atoms with Gasteiger partial charge in [-0.05, 0) is 18.6 Å². The molecule has 1 atom stereocenters. The number of thiazole rings is 1. The number of fused-ring (bicyclic) bond motifs is 1. The maximum Gasteiger partial charge on any atom is 0.319 e. The summed E-state index contributed by atoms with van der Waals surface area (Å²) in [6, 6.07) is 3.67. The van der Waals surface area contributed by atoms with Crippen LogP contribution in [0.15, 0.2) is 17.6 Å². The zero-order valence-corrected chi connectivity index (χ0v) is 11.0. The lowest BCUT2D eigenvalue weighted by molar-refractivity contribution is -0.382. The number of nitro benzene ring substituents is 1. The highest BCUT2D eigenvalue weighted by molar-refractivity contribution is 7.16. The van der Waals surface area contributed by atoms with E-state index in [9.17, 15) is 15.2 Å². The predicted octanol–water partition coefficient (Wildman–Crippen LogP) is 2.02. The average molecular weight is 279 g/mol. The number of hydrogen-bond acceptors (Lipinski definition) is 6. The quantitative estimate of drug-likeness (QED) is 0.687. The summed E-state index contributed by atoms with van der Waals surface area (Å²) in [6.45, 7) is 1.53. The Labute approximate surface area is 113 Å². The van der Waals surface area contributed by atoms with Crippen LogP contribution in [0, 0.1) is 16.0 Å². The number of aliphatic hydroxyl groups is 1. The van der Waals surface area contributed by atoms with Crippen LogP contribution in [-0.4, -0.2) is 34.7 Å². The van der Waals surface area contributed by atoms with Crippen LogP contribution < -0.4 is 4.90 Å². The number of benzene rings is 1. The van der Waals surface area contributed by atoms with Gasteiger partial charge < -0.3 is 10.0 Å². The van der Waals surface area contributed by atoms with E-state index < -0.39 is 0 Å². The number of aromatic nitrogens is 1. The van der Waals surface area contributed by atoms with Gasteiger partial charge in [-0.2, -0.15) is 0 Å². The summed E-state index contributed by atoms with van der Waals surface area (Å²) in [5, 5.41) is 20.5. The van der Waals surface area contributed by atoms with Gasteiger partial charge >= 0.3 is 5.69 Å². The van der Waals surface area contributed by atoms with Crippen molar-refractivity contribution in [3.05, 3.63) is 27.8 Å². The van der Waals surface area contributed by atoms with Crippen LogP contribution in [0.3, 0.4) is 0 Å². The molecule has 1 fully saturated rings. The summed E-state index contributed by atoms with van der Waals surface area (Å²) in [6.07, 6.45) is 0.864. The van der Waals surface area contributed by atoms with Crippen LogP contribution in [-0.2, 0) is 0 Å². The molecule has 0 spiro atoms. The monoisotopic (exact) mass is 279 g/mol. The lowest BCUT2D eigenvalue weighted by atomic mass is 10.1. The second-order valence-electron chi connectivity index (χ2n) is 4.67. The van der Waals surface area contributed by atoms with E-state index in [-0.39, 0.29) is 23.1 Å². The summed E-state index contributed by atoms with van der Waals surface area (Å²) in [5.74, 6) is 0.200. The highest BCUT2D eigenvalue weighted by Crippen LogP contribution is 2.38. The molecule has 2 aromatic rings. The van der Waals surface area contributed by atoms with E-state index in [1.807, 2.05) is 11.0 Å². The fourth-order valence-corrected chi connectivity index (χ4v) is 3.22. The number of hydrogen-bond donors (Lipinski definition) is 1. The minimum absolute atomic E-state index is 0.0809. The highest BCUT2D eigenvalue weighted by atomic mass is 32.1. The van der Waals surface area contributed by atoms with E-state index >= 15 is 0 Å². The van der Waals surface area contributed by atoms with Gasteiger partial charge in [0.1, 0.15) is 5.69 Å². The van der Waals surface area contributed by atoms with Gasteiger partial charge in [0, 0.05) is 25.6 Å². The van der Waals surface area contributed by atoms with Crippen molar-refractivity contribution in [1.82, 2.24) is 4.98 Å². The van der Waals surface area contributed by atoms with Crippen LogP contribution in [0.4, 0.5) is 11.4 Å². The number of nitro groups is 1. The van der Waals surface area contributed by atoms with Crippen molar-refractivity contribution in [2.75, 3.05) is 24.6 Å². The van der Waals surface area contributed by atoms with Gasteiger partial charge in [0.2, 0.25) is 0 Å². The summed E-state index contributed by atoms with van der Waals surface area (Å²) in [5.41, 5.74) is 2.78. The molecule has 19 heavy (non-hydrogen) atoms. The lowest BCUT2D eigenvalue weighted by Crippen LogP contribution is -2.21. The number of anilines is 1. The fourth-order valence-electron chi connectivity index (χ4n) is 2.54. The molecule has 1 saturated heterocycles. The Bertz CT molecular complexity index is 628. The Kier molecular flexibility index (Phi) is 3.08. The molecule has 0 bridgehead atoms. The normalized spacial score (nSPS) is 19.2. The van der Waals surface area contributed by atoms with Crippen LogP contribution in [0.25, 0.3) is 10.2 Å². The molecule has 1 aliphatic rings. The van der Waals surface area contributed by atoms with Gasteiger partial charge in [-0.15, -0.1) is 11.3 Å². The Balaban J connectivity index is 2.08. The maximum atomic E-state index is 11.3. The lowest BCUT2D eigenvalue weighted by Gasteiger charge is -2.18. The van der Waals surface area contributed by atoms with Crippen molar-refractivity contribution in [2.45, 2.75) is 6.42 Å². The molecule has 0 radical (unpaired) electrons. The minimum atomic E-state index is -0.357. The van der Waals surface area contributed by atoms with Crippen LogP contribution in [0.2, 0.25) is 0 Å². The first-order valence-electron chi connectivity index (χ1n) is 6.07. The molecule has 7 heteroatoms. The average Bonchev–Trinajstić information content (AvgIpc) is 3.05. The first kappa shape index (κ1) is 12.3. The van der Waals surface area contributed by atoms with E-state index in [4.69, 9.17) is 0 Å². The molecule has 2 heterocycles. The molecule has 1 unspecified atom stereocenters. The van der Waals surface area contributed by atoms with Crippen LogP contribution in [0.5, 0.6) is 0 Å². The summed E-state index contributed by atoms with van der Waals surface area (Å²) in [7, 11) is 0. The van der Waals surface area contributed by atoms with E-state index in [1.165, 1.54) is 11.3 Å². The third-order valence-corrected chi connectivity index (χ3v) is 4.32. The van der Waals surface area contributed by atoms with E-state index in [0.717, 1.165) is 17.7 Å². The molecule has 1 aromatic heterocycles. The first-order chi connectivity index (χ1) is 9.20. The molecule has 0 saturated carbocycles. The Morgan fingerprint density at radius 1 is 1.58 bits per heavy atom. The Morgan fingerprint density at radius 2 is 2.42 bits per heavy atom. The third kappa shape index (κ3) is 2.04. The van der Waals surface area contributed by atoms with Gasteiger partial charge in [0.15, 0.2) is 5.52 Å². The molecule has 6 nitrogen and oxygen atoms in total. The summed E-state index contributed by atoms with van der Waals surface area (Å²) >= 11 is 1.40. The standard InChI is InChI=1S/C12H13N3O3S/c16-6-8-3-4-14(5-8)9-1-2-10-11(13-7-19-10)12(9)15(17)18/h1-2,7-8,16H,3-6H2. The Hall–Kier alpha value is -1.73. The molecule has 1 N–H and O–H groups in total. The molecular weight excluding hydrogens is 266 g/mol. The van der Waals surface area contributed by atoms with Gasteiger partial charge in [-0.1, -0.05) is 0 Å². The molecule has 100 valence electrons. The molecule has 1 aromatic carbocycles. The Morgan fingerprint density at radius 3 is 3.11 bits per heavy atom. The van der Waals surface area contributed by atoms with Gasteiger partial charge in [-0.25, -0.2) is 4.98 Å². The second kappa shape index (κ2) is 4.75. The van der Waals surface area contributed by atoms with Crippen molar-refractivity contribution in [2.24, 2.45) is 5.92 Å². The maximum absolute atomic E-state index is 11.3. The van der Waals surface area contributed by atoms with Gasteiger partial charge in [-0.3, -0.25) is 10.1 Å². The van der Waals surface area contributed by atoms with E-state index in [0.29, 0.717) is 17.7 Å². The smallest absolute Gasteiger partial charge is 0.319 e. The largest absolute Gasteiger partial charge is 0.396 e. The topological polar surface area (TPSA) is 79.5 Å². The molecule has 1 aliphatic heterocycles. The van der Waals surface area contributed by atoms with E-state index in [1.54, 1.807) is 11.6 Å². The summed E-state index contributed by atoms with van der Waals surface area (Å²) in [4.78, 5) is 17.1. The minimum Gasteiger partial charge on any atom is -0.396 e. The zero-order chi connectivity index (χ0) is 13.4. The summed E-state index contributed by atoms with van der Waals surface area (Å²) < 4.78 is 0.827. The van der Waals surface area contributed by atoms with Crippen molar-refractivity contribution in [3.8, 4) is 0 Å². The van der Waals surface area contributed by atoms with E-state index in [2.05, 4.69) is 4.98 Å². The van der Waals surface area contributed by atoms with Crippen LogP contribution in [0.1, 0.15) is 6.42 Å². The van der Waals surface area contributed by atoms with Gasteiger partial charge in [0.25, 0.3) is 0 Å². The molecular formula is C12H13N3O3S. The highest BCUT2D eigenvalue weighted by Gasteiger charge is 2.29. The van der Waals surface area contributed by atoms with Crippen molar-refractivity contribution in [3.63, 3.8) is 0 Å². The first-order valence-corrected chi connectivity index (χ1v) is 6.95. The molecule has 3 rings (SSSR count). The fraction of sp³-hybridized carbons (Fsp3) is 0.417. The van der Waals surface area contributed by atoms with Crippen molar-refractivity contribution >= 4 is 32.9 Å². The number of rotatable bonds is 3. The van der Waals surface area contributed by atoms with Gasteiger partial charge in [0.05, 0.1) is 15.1 Å². The number of aliphatic hydroxyl groups excluding tert-OH is 1. The third-order valence-electron chi connectivity index (χ3n) is 3.52. The zero-order valence-electron chi connectivity index (χ0n) is 10.2. The predicted molar refractivity (Wildman–Crippen MR) is 73.7 cm³/mol. The number of nitrogens with zero attached hydrogens (tertiary/aromatic N) is 3. The second-order valence-corrected chi connectivity index (χ2v) is 5.56. The van der Waals surface area contributed by atoms with Crippen LogP contribution >= 0.6 is 11.3 Å². The van der Waals surface area contributed by atoms with Crippen molar-refractivity contribution < 1.29 is 10.0 Å².